The molecule has 0 atom stereocenters. The molecule has 0 radical (unpaired) electrons. The van der Waals surface area contributed by atoms with Crippen molar-refractivity contribution in [3.8, 4) is 5.75 Å². The highest BCUT2D eigenvalue weighted by Gasteiger charge is 2.16. The van der Waals surface area contributed by atoms with Gasteiger partial charge in [-0.3, -0.25) is 0 Å². The first-order valence-corrected chi connectivity index (χ1v) is 8.51. The summed E-state index contributed by atoms with van der Waals surface area (Å²) >= 11 is 6.13. The van der Waals surface area contributed by atoms with Gasteiger partial charge in [0, 0.05) is 16.7 Å². The molecule has 0 bridgehead atoms. The highest BCUT2D eigenvalue weighted by atomic mass is 32.5. The minimum Gasteiger partial charge on any atom is -0.424 e. The Morgan fingerprint density at radius 2 is 1.81 bits per heavy atom. The molecule has 0 fully saturated rings. The van der Waals surface area contributed by atoms with E-state index < -0.39 is 6.72 Å². The zero-order valence-corrected chi connectivity index (χ0v) is 12.2. The van der Waals surface area contributed by atoms with Gasteiger partial charge in [0.1, 0.15) is 5.75 Å². The smallest absolute Gasteiger partial charge is 0.375 e. The predicted molar refractivity (Wildman–Crippen MR) is 71.8 cm³/mol. The highest BCUT2D eigenvalue weighted by Crippen LogP contribution is 2.42. The van der Waals surface area contributed by atoms with Crippen molar-refractivity contribution < 1.29 is 14.3 Å². The molecule has 0 saturated carbocycles. The maximum absolute atomic E-state index is 9.16. The first-order valence-electron chi connectivity index (χ1n) is 4.66. The average Bonchev–Trinajstić information content (AvgIpc) is 2.12. The molecule has 0 aliphatic heterocycles. The van der Waals surface area contributed by atoms with Crippen LogP contribution in [0.3, 0.4) is 0 Å². The fourth-order valence-corrected chi connectivity index (χ4v) is 3.09. The SMILES string of the molecule is CSc1c(C)cc(OP(O)(O)=S)c(C)c1C. The van der Waals surface area contributed by atoms with Crippen LogP contribution >= 0.6 is 18.5 Å². The molecule has 90 valence electrons. The average molecular weight is 278 g/mol. The number of rotatable bonds is 3. The Balaban J connectivity index is 3.29. The van der Waals surface area contributed by atoms with E-state index in [-0.39, 0.29) is 0 Å². The number of benzene rings is 1. The van der Waals surface area contributed by atoms with Gasteiger partial charge in [0.25, 0.3) is 0 Å². The third kappa shape index (κ3) is 3.22. The summed E-state index contributed by atoms with van der Waals surface area (Å²) in [4.78, 5) is 19.5. The van der Waals surface area contributed by atoms with E-state index in [4.69, 9.17) is 14.3 Å². The van der Waals surface area contributed by atoms with Crippen molar-refractivity contribution in [2.45, 2.75) is 25.7 Å². The van der Waals surface area contributed by atoms with Gasteiger partial charge >= 0.3 is 6.72 Å². The Morgan fingerprint density at radius 3 is 2.25 bits per heavy atom. The van der Waals surface area contributed by atoms with Crippen LogP contribution < -0.4 is 4.52 Å². The molecule has 0 amide bonds. The molecule has 0 unspecified atom stereocenters. The second kappa shape index (κ2) is 5.07. The molecule has 2 N–H and O–H groups in total. The Bertz CT molecular complexity index is 454. The Labute approximate surface area is 105 Å². The molecule has 0 saturated heterocycles. The Morgan fingerprint density at radius 1 is 1.25 bits per heavy atom. The summed E-state index contributed by atoms with van der Waals surface area (Å²) in [6.45, 7) is 2.18. The minimum atomic E-state index is -3.65. The molecule has 6 heteroatoms. The van der Waals surface area contributed by atoms with Crippen molar-refractivity contribution in [2.75, 3.05) is 6.26 Å². The van der Waals surface area contributed by atoms with E-state index in [1.54, 1.807) is 17.8 Å². The summed E-state index contributed by atoms with van der Waals surface area (Å²) in [5.74, 6) is 0.459. The molecule has 0 aliphatic rings. The molecule has 16 heavy (non-hydrogen) atoms. The monoisotopic (exact) mass is 278 g/mol. The molecule has 0 aliphatic carbocycles. The van der Waals surface area contributed by atoms with Crippen molar-refractivity contribution in [1.82, 2.24) is 0 Å². The lowest BCUT2D eigenvalue weighted by molar-refractivity contribution is 0.369. The van der Waals surface area contributed by atoms with Crippen LogP contribution in [-0.4, -0.2) is 16.0 Å². The molecule has 1 rings (SSSR count). The predicted octanol–water partition coefficient (Wildman–Crippen LogP) is 2.92. The van der Waals surface area contributed by atoms with Gasteiger partial charge in [0.15, 0.2) is 0 Å². The van der Waals surface area contributed by atoms with E-state index in [2.05, 4.69) is 11.8 Å². The molecule has 0 aromatic heterocycles. The summed E-state index contributed by atoms with van der Waals surface area (Å²) in [6, 6.07) is 1.79. The van der Waals surface area contributed by atoms with Crippen LogP contribution in [0.1, 0.15) is 16.7 Å². The maximum atomic E-state index is 9.16. The van der Waals surface area contributed by atoms with Crippen molar-refractivity contribution in [1.29, 1.82) is 0 Å². The third-order valence-electron chi connectivity index (χ3n) is 2.40. The van der Waals surface area contributed by atoms with Crippen molar-refractivity contribution in [2.24, 2.45) is 0 Å². The van der Waals surface area contributed by atoms with Gasteiger partial charge in [-0.1, -0.05) is 0 Å². The van der Waals surface area contributed by atoms with Gasteiger partial charge in [-0.25, -0.2) is 0 Å². The molecular formula is C10H15O3PS2. The standard InChI is InChI=1S/C10H15O3PS2/c1-6-5-9(13-14(11,12)15)7(2)8(3)10(6)16-4/h5H,1-4H3,(H2,11,12,15). The topological polar surface area (TPSA) is 49.7 Å². The minimum absolute atomic E-state index is 0.459. The number of hydrogen-bond acceptors (Lipinski definition) is 3. The zero-order valence-electron chi connectivity index (χ0n) is 9.64. The second-order valence-electron chi connectivity index (χ2n) is 3.56. The fourth-order valence-electron chi connectivity index (χ4n) is 1.56. The summed E-state index contributed by atoms with van der Waals surface area (Å²) < 4.78 is 5.02. The Kier molecular flexibility index (Phi) is 4.43. The number of thioether (sulfide) groups is 1. The van der Waals surface area contributed by atoms with E-state index in [0.717, 1.165) is 16.7 Å². The summed E-state index contributed by atoms with van der Waals surface area (Å²) in [6.07, 6.45) is 2.01. The van der Waals surface area contributed by atoms with Gasteiger partial charge in [-0.15, -0.1) is 11.8 Å². The lowest BCUT2D eigenvalue weighted by Gasteiger charge is -2.17. The summed E-state index contributed by atoms with van der Waals surface area (Å²) in [5.41, 5.74) is 3.03. The number of hydrogen-bond donors (Lipinski definition) is 2. The molecular weight excluding hydrogens is 263 g/mol. The van der Waals surface area contributed by atoms with Crippen LogP contribution in [0.25, 0.3) is 0 Å². The fraction of sp³-hybridized carbons (Fsp3) is 0.400. The largest absolute Gasteiger partial charge is 0.424 e. The van der Waals surface area contributed by atoms with Crippen LogP contribution in [0.15, 0.2) is 11.0 Å². The van der Waals surface area contributed by atoms with E-state index in [0.29, 0.717) is 5.75 Å². The zero-order chi connectivity index (χ0) is 12.5. The molecule has 0 heterocycles. The quantitative estimate of drug-likeness (QED) is 0.657. The van der Waals surface area contributed by atoms with E-state index in [9.17, 15) is 0 Å². The first kappa shape index (κ1) is 14.0. The normalized spacial score (nSPS) is 11.6. The van der Waals surface area contributed by atoms with Gasteiger partial charge in [0.05, 0.1) is 0 Å². The summed E-state index contributed by atoms with van der Waals surface area (Å²) in [5, 5.41) is 0. The van der Waals surface area contributed by atoms with E-state index in [1.165, 1.54) is 4.90 Å². The van der Waals surface area contributed by atoms with Crippen molar-refractivity contribution >= 4 is 30.3 Å². The van der Waals surface area contributed by atoms with Crippen LogP contribution in [0, 0.1) is 20.8 Å². The van der Waals surface area contributed by atoms with Crippen LogP contribution in [0.2, 0.25) is 0 Å². The van der Waals surface area contributed by atoms with Gasteiger partial charge < -0.3 is 14.3 Å². The molecule has 1 aromatic rings. The maximum Gasteiger partial charge on any atom is 0.375 e. The number of aryl methyl sites for hydroxylation is 1. The van der Waals surface area contributed by atoms with Gasteiger partial charge in [-0.2, -0.15) is 0 Å². The van der Waals surface area contributed by atoms with Crippen molar-refractivity contribution in [3.63, 3.8) is 0 Å². The lowest BCUT2D eigenvalue weighted by atomic mass is 10.1. The van der Waals surface area contributed by atoms with E-state index in [1.807, 2.05) is 27.0 Å². The molecule has 0 spiro atoms. The van der Waals surface area contributed by atoms with Gasteiger partial charge in [-0.05, 0) is 49.8 Å². The van der Waals surface area contributed by atoms with Gasteiger partial charge in [0.2, 0.25) is 0 Å². The van der Waals surface area contributed by atoms with Crippen LogP contribution in [0.4, 0.5) is 0 Å². The molecule has 3 nitrogen and oxygen atoms in total. The van der Waals surface area contributed by atoms with Crippen LogP contribution in [0.5, 0.6) is 5.75 Å². The first-order chi connectivity index (χ1) is 7.26. The van der Waals surface area contributed by atoms with Crippen molar-refractivity contribution in [3.05, 3.63) is 22.8 Å². The van der Waals surface area contributed by atoms with E-state index >= 15 is 0 Å². The third-order valence-corrected chi connectivity index (χ3v) is 4.09. The second-order valence-corrected chi connectivity index (χ2v) is 6.96. The Hall–Kier alpha value is -0.0600. The lowest BCUT2D eigenvalue weighted by Crippen LogP contribution is -1.97. The summed E-state index contributed by atoms with van der Waals surface area (Å²) in [7, 11) is 0. The molecule has 1 aromatic carbocycles. The van der Waals surface area contributed by atoms with Crippen LogP contribution in [-0.2, 0) is 11.8 Å². The highest BCUT2D eigenvalue weighted by molar-refractivity contribution is 8.06.